The van der Waals surface area contributed by atoms with Gasteiger partial charge in [0.25, 0.3) is 0 Å². The third kappa shape index (κ3) is 8.48. The molecule has 0 unspecified atom stereocenters. The van der Waals surface area contributed by atoms with Gasteiger partial charge in [-0.3, -0.25) is 0 Å². The number of hydrogen-bond acceptors (Lipinski definition) is 0. The average Bonchev–Trinajstić information content (AvgIpc) is 3.52. The van der Waals surface area contributed by atoms with Crippen molar-refractivity contribution in [3.8, 4) is 22.3 Å². The summed E-state index contributed by atoms with van der Waals surface area (Å²) in [4.78, 5) is 0. The molecular weight excluding hydrogens is 756 g/mol. The largest absolute Gasteiger partial charge is 0.0654 e. The summed E-state index contributed by atoms with van der Waals surface area (Å²) in [5.41, 5.74) is 13.4. The summed E-state index contributed by atoms with van der Waals surface area (Å²) in [6.45, 7) is 6.88. The Morgan fingerprint density at radius 2 is 0.891 bits per heavy atom. The van der Waals surface area contributed by atoms with Crippen molar-refractivity contribution in [3.05, 3.63) is 114 Å². The Morgan fingerprint density at radius 1 is 0.478 bits per heavy atom. The van der Waals surface area contributed by atoms with Crippen LogP contribution < -0.4 is 0 Å². The predicted octanol–water partition coefficient (Wildman–Crippen LogP) is 15.3. The Morgan fingerprint density at radius 3 is 1.41 bits per heavy atom. The van der Waals surface area contributed by atoms with Crippen molar-refractivity contribution in [1.29, 1.82) is 0 Å². The van der Waals surface area contributed by atoms with Gasteiger partial charge < -0.3 is 0 Å². The SMILES string of the molecule is Brc1ccc2c(c1)Cc1cc(Br)ccc1-2.CCCCCCCCC1(CCCCCCCC)c2cc(C)ccc2-c2ccc(Br)cc21. The molecule has 0 heterocycles. The van der Waals surface area contributed by atoms with Crippen LogP contribution in [0, 0.1) is 6.92 Å². The molecule has 0 spiro atoms. The molecule has 0 radical (unpaired) electrons. The summed E-state index contributed by atoms with van der Waals surface area (Å²) in [6, 6.07) is 27.3. The second kappa shape index (κ2) is 17.1. The lowest BCUT2D eigenvalue weighted by Gasteiger charge is -2.33. The Balaban J connectivity index is 0.000000229. The highest BCUT2D eigenvalue weighted by atomic mass is 79.9. The van der Waals surface area contributed by atoms with Gasteiger partial charge in [0, 0.05) is 18.8 Å². The van der Waals surface area contributed by atoms with E-state index in [0.29, 0.717) is 0 Å². The quantitative estimate of drug-likeness (QED) is 0.0981. The maximum Gasteiger partial charge on any atom is 0.0215 e. The third-order valence-electron chi connectivity index (χ3n) is 10.2. The van der Waals surface area contributed by atoms with Crippen LogP contribution >= 0.6 is 47.8 Å². The second-order valence-corrected chi connectivity index (χ2v) is 16.4. The molecule has 6 rings (SSSR count). The molecule has 0 amide bonds. The minimum atomic E-state index is 0.204. The van der Waals surface area contributed by atoms with Crippen LogP contribution in [0.25, 0.3) is 22.3 Å². The first-order chi connectivity index (χ1) is 22.4. The van der Waals surface area contributed by atoms with E-state index in [1.165, 1.54) is 133 Å². The molecule has 3 heteroatoms. The lowest BCUT2D eigenvalue weighted by atomic mass is 9.70. The lowest BCUT2D eigenvalue weighted by molar-refractivity contribution is 0.397. The zero-order valence-electron chi connectivity index (χ0n) is 28.2. The number of unbranched alkanes of at least 4 members (excludes halogenated alkanes) is 10. The maximum atomic E-state index is 3.80. The number of fused-ring (bicyclic) bond motifs is 6. The molecule has 0 N–H and O–H groups in total. The average molecular weight is 808 g/mol. The first-order valence-electron chi connectivity index (χ1n) is 17.8. The normalized spacial score (nSPS) is 13.4. The van der Waals surface area contributed by atoms with Crippen molar-refractivity contribution in [1.82, 2.24) is 0 Å². The van der Waals surface area contributed by atoms with Crippen LogP contribution in [0.3, 0.4) is 0 Å². The van der Waals surface area contributed by atoms with E-state index in [0.717, 1.165) is 15.4 Å². The maximum absolute atomic E-state index is 3.80. The highest BCUT2D eigenvalue weighted by Gasteiger charge is 2.42. The highest BCUT2D eigenvalue weighted by molar-refractivity contribution is 9.11. The van der Waals surface area contributed by atoms with Crippen LogP contribution in [-0.4, -0.2) is 0 Å². The molecular formula is C43H51Br3. The number of benzene rings is 4. The van der Waals surface area contributed by atoms with Gasteiger partial charge >= 0.3 is 0 Å². The third-order valence-corrected chi connectivity index (χ3v) is 11.7. The fourth-order valence-corrected chi connectivity index (χ4v) is 8.98. The monoisotopic (exact) mass is 804 g/mol. The fraction of sp³-hybridized carbons (Fsp3) is 0.442. The predicted molar refractivity (Wildman–Crippen MR) is 211 cm³/mol. The van der Waals surface area contributed by atoms with E-state index in [2.05, 4.69) is 141 Å². The molecule has 4 aromatic rings. The minimum Gasteiger partial charge on any atom is -0.0654 e. The summed E-state index contributed by atoms with van der Waals surface area (Å²) in [5, 5.41) is 0. The van der Waals surface area contributed by atoms with Gasteiger partial charge in [-0.1, -0.05) is 181 Å². The Hall–Kier alpha value is -1.68. The van der Waals surface area contributed by atoms with Crippen LogP contribution in [0.4, 0.5) is 0 Å². The summed E-state index contributed by atoms with van der Waals surface area (Å²) in [7, 11) is 0. The lowest BCUT2D eigenvalue weighted by Crippen LogP contribution is -2.25. The van der Waals surface area contributed by atoms with E-state index >= 15 is 0 Å². The number of rotatable bonds is 14. The molecule has 46 heavy (non-hydrogen) atoms. The summed E-state index contributed by atoms with van der Waals surface area (Å²) in [6.07, 6.45) is 20.1. The molecule has 244 valence electrons. The number of halogens is 3. The molecule has 0 saturated heterocycles. The van der Waals surface area contributed by atoms with Gasteiger partial charge in [0.1, 0.15) is 0 Å². The second-order valence-electron chi connectivity index (χ2n) is 13.6. The van der Waals surface area contributed by atoms with E-state index in [-0.39, 0.29) is 5.41 Å². The molecule has 4 aromatic carbocycles. The Bertz CT molecular complexity index is 1480. The molecule has 0 bridgehead atoms. The molecule has 2 aliphatic rings. The molecule has 0 saturated carbocycles. The summed E-state index contributed by atoms with van der Waals surface area (Å²) in [5.74, 6) is 0. The van der Waals surface area contributed by atoms with Crippen LogP contribution in [-0.2, 0) is 11.8 Å². The fourth-order valence-electron chi connectivity index (χ4n) is 7.81. The van der Waals surface area contributed by atoms with Gasteiger partial charge in [-0.2, -0.15) is 0 Å². The Kier molecular flexibility index (Phi) is 13.3. The van der Waals surface area contributed by atoms with E-state index in [4.69, 9.17) is 0 Å². The van der Waals surface area contributed by atoms with E-state index in [1.807, 2.05) is 0 Å². The zero-order valence-corrected chi connectivity index (χ0v) is 32.9. The first kappa shape index (κ1) is 35.6. The topological polar surface area (TPSA) is 0 Å². The summed E-state index contributed by atoms with van der Waals surface area (Å²) >= 11 is 10.8. The van der Waals surface area contributed by atoms with Crippen molar-refractivity contribution in [3.63, 3.8) is 0 Å². The number of aryl methyl sites for hydroxylation is 1. The molecule has 0 aromatic heterocycles. The van der Waals surface area contributed by atoms with Gasteiger partial charge in [0.2, 0.25) is 0 Å². The van der Waals surface area contributed by atoms with Gasteiger partial charge in [-0.15, -0.1) is 0 Å². The van der Waals surface area contributed by atoms with Crippen LogP contribution in [0.2, 0.25) is 0 Å². The zero-order chi connectivity index (χ0) is 32.5. The van der Waals surface area contributed by atoms with E-state index in [9.17, 15) is 0 Å². The van der Waals surface area contributed by atoms with Gasteiger partial charge in [-0.05, 0) is 107 Å². The minimum absolute atomic E-state index is 0.204. The molecule has 0 aliphatic heterocycles. The highest BCUT2D eigenvalue weighted by Crippen LogP contribution is 2.55. The van der Waals surface area contributed by atoms with Crippen molar-refractivity contribution in [2.45, 2.75) is 122 Å². The van der Waals surface area contributed by atoms with E-state index in [1.54, 1.807) is 11.1 Å². The smallest absolute Gasteiger partial charge is 0.0215 e. The van der Waals surface area contributed by atoms with Crippen molar-refractivity contribution in [2.24, 2.45) is 0 Å². The molecule has 2 aliphatic carbocycles. The molecule has 0 fully saturated rings. The van der Waals surface area contributed by atoms with Crippen LogP contribution in [0.5, 0.6) is 0 Å². The van der Waals surface area contributed by atoms with Crippen LogP contribution in [0.1, 0.15) is 132 Å². The van der Waals surface area contributed by atoms with Crippen molar-refractivity contribution < 1.29 is 0 Å². The summed E-state index contributed by atoms with van der Waals surface area (Å²) < 4.78 is 3.55. The first-order valence-corrected chi connectivity index (χ1v) is 20.2. The van der Waals surface area contributed by atoms with E-state index < -0.39 is 0 Å². The van der Waals surface area contributed by atoms with Crippen molar-refractivity contribution in [2.75, 3.05) is 0 Å². The standard InChI is InChI=1S/C30H43Br.C13H8Br2/c1-4-6-8-10-12-14-20-30(21-15-13-11-9-7-5-2)28-22-24(3)16-18-26(28)27-19-17-25(31)23-29(27)30;14-10-1-3-12-8(6-10)5-9-7-11(15)2-4-13(9)12/h16-19,22-23H,4-15,20-21H2,1-3H3;1-4,6-7H,5H2. The number of hydrogen-bond donors (Lipinski definition) is 0. The van der Waals surface area contributed by atoms with Gasteiger partial charge in [-0.25, -0.2) is 0 Å². The van der Waals surface area contributed by atoms with Crippen LogP contribution in [0.15, 0.2) is 86.2 Å². The molecule has 0 atom stereocenters. The van der Waals surface area contributed by atoms with Gasteiger partial charge in [0.15, 0.2) is 0 Å². The van der Waals surface area contributed by atoms with Gasteiger partial charge in [0.05, 0.1) is 0 Å². The Labute approximate surface area is 304 Å². The molecule has 0 nitrogen and oxygen atoms in total. The van der Waals surface area contributed by atoms with Crippen molar-refractivity contribution >= 4 is 47.8 Å².